The van der Waals surface area contributed by atoms with Crippen LogP contribution in [0.25, 0.3) is 0 Å². The van der Waals surface area contributed by atoms with Gasteiger partial charge in [-0.25, -0.2) is 4.39 Å². The maximum absolute atomic E-state index is 13.5. The van der Waals surface area contributed by atoms with Gasteiger partial charge in [-0.05, 0) is 38.0 Å². The van der Waals surface area contributed by atoms with Gasteiger partial charge < -0.3 is 15.2 Å². The number of ether oxygens (including phenoxy) is 1. The van der Waals surface area contributed by atoms with Crippen molar-refractivity contribution in [3.8, 4) is 5.75 Å². The van der Waals surface area contributed by atoms with E-state index in [1.807, 2.05) is 0 Å². The van der Waals surface area contributed by atoms with Gasteiger partial charge in [-0.15, -0.1) is 0 Å². The van der Waals surface area contributed by atoms with Crippen LogP contribution in [0.5, 0.6) is 5.75 Å². The van der Waals surface area contributed by atoms with Crippen LogP contribution in [0, 0.1) is 5.82 Å². The molecule has 1 aromatic carbocycles. The van der Waals surface area contributed by atoms with Gasteiger partial charge in [-0.3, -0.25) is 4.79 Å². The van der Waals surface area contributed by atoms with E-state index in [1.54, 1.807) is 19.9 Å². The zero-order valence-electron chi connectivity index (χ0n) is 11.4. The quantitative estimate of drug-likeness (QED) is 0.832. The molecule has 0 saturated heterocycles. The summed E-state index contributed by atoms with van der Waals surface area (Å²) >= 11 is 0. The zero-order valence-corrected chi connectivity index (χ0v) is 11.4. The van der Waals surface area contributed by atoms with Gasteiger partial charge in [0.1, 0.15) is 0 Å². The van der Waals surface area contributed by atoms with Crippen molar-refractivity contribution in [2.45, 2.75) is 38.8 Å². The van der Waals surface area contributed by atoms with Gasteiger partial charge in [0.15, 0.2) is 11.6 Å². The first-order valence-electron chi connectivity index (χ1n) is 6.25. The highest BCUT2D eigenvalue weighted by atomic mass is 19.1. The fourth-order valence-corrected chi connectivity index (χ4v) is 1.69. The van der Waals surface area contributed by atoms with Crippen LogP contribution in [-0.4, -0.2) is 24.2 Å². The van der Waals surface area contributed by atoms with Crippen molar-refractivity contribution >= 4 is 5.91 Å². The second kappa shape index (κ2) is 7.09. The average molecular weight is 269 g/mol. The number of hydrogen-bond donors (Lipinski definition) is 2. The normalized spacial score (nSPS) is 13.7. The largest absolute Gasteiger partial charge is 0.494 e. The van der Waals surface area contributed by atoms with Crippen molar-refractivity contribution in [1.82, 2.24) is 5.32 Å². The molecule has 19 heavy (non-hydrogen) atoms. The number of aliphatic hydroxyl groups excluding tert-OH is 1. The van der Waals surface area contributed by atoms with E-state index in [1.165, 1.54) is 19.2 Å². The first-order chi connectivity index (χ1) is 8.93. The number of benzene rings is 1. The standard InChI is InChI=1S/C14H20FNO3/c1-9(17)4-7-14(18)16-10(2)11-5-6-13(19-3)12(15)8-11/h5-6,8-10,17H,4,7H2,1-3H3,(H,16,18). The summed E-state index contributed by atoms with van der Waals surface area (Å²) in [7, 11) is 1.40. The Kier molecular flexibility index (Phi) is 5.76. The molecule has 5 heteroatoms. The van der Waals surface area contributed by atoms with Crippen LogP contribution in [0.15, 0.2) is 18.2 Å². The Morgan fingerprint density at radius 2 is 2.16 bits per heavy atom. The third-order valence-electron chi connectivity index (χ3n) is 2.84. The van der Waals surface area contributed by atoms with E-state index in [-0.39, 0.29) is 24.1 Å². The number of halogens is 1. The van der Waals surface area contributed by atoms with Crippen LogP contribution in [-0.2, 0) is 4.79 Å². The summed E-state index contributed by atoms with van der Waals surface area (Å²) in [6.07, 6.45) is 0.162. The summed E-state index contributed by atoms with van der Waals surface area (Å²) in [4.78, 5) is 11.6. The molecule has 1 aromatic rings. The molecule has 0 fully saturated rings. The van der Waals surface area contributed by atoms with Gasteiger partial charge in [0.25, 0.3) is 0 Å². The van der Waals surface area contributed by atoms with Crippen LogP contribution in [0.1, 0.15) is 38.3 Å². The highest BCUT2D eigenvalue weighted by Crippen LogP contribution is 2.21. The maximum atomic E-state index is 13.5. The molecule has 0 spiro atoms. The van der Waals surface area contributed by atoms with E-state index < -0.39 is 11.9 Å². The molecule has 0 bridgehead atoms. The molecule has 0 aliphatic heterocycles. The molecule has 0 aliphatic rings. The summed E-state index contributed by atoms with van der Waals surface area (Å²) in [5.41, 5.74) is 0.670. The molecular weight excluding hydrogens is 249 g/mol. The van der Waals surface area contributed by atoms with Gasteiger partial charge in [-0.1, -0.05) is 6.07 Å². The smallest absolute Gasteiger partial charge is 0.220 e. The Hall–Kier alpha value is -1.62. The highest BCUT2D eigenvalue weighted by molar-refractivity contribution is 5.76. The number of carbonyl (C=O) groups is 1. The van der Waals surface area contributed by atoms with Gasteiger partial charge in [0, 0.05) is 6.42 Å². The summed E-state index contributed by atoms with van der Waals surface area (Å²) in [5, 5.41) is 11.9. The molecule has 106 valence electrons. The van der Waals surface area contributed by atoms with Gasteiger partial charge >= 0.3 is 0 Å². The van der Waals surface area contributed by atoms with Crippen molar-refractivity contribution in [3.63, 3.8) is 0 Å². The molecule has 4 nitrogen and oxygen atoms in total. The summed E-state index contributed by atoms with van der Waals surface area (Å²) in [5.74, 6) is -0.439. The third kappa shape index (κ3) is 4.87. The number of nitrogens with one attached hydrogen (secondary N) is 1. The lowest BCUT2D eigenvalue weighted by molar-refractivity contribution is -0.122. The van der Waals surface area contributed by atoms with E-state index in [9.17, 15) is 9.18 Å². The fraction of sp³-hybridized carbons (Fsp3) is 0.500. The molecule has 0 saturated carbocycles. The number of carbonyl (C=O) groups excluding carboxylic acids is 1. The third-order valence-corrected chi connectivity index (χ3v) is 2.84. The molecule has 2 unspecified atom stereocenters. The fourth-order valence-electron chi connectivity index (χ4n) is 1.69. The second-order valence-electron chi connectivity index (χ2n) is 4.57. The number of amides is 1. The minimum atomic E-state index is -0.500. The Morgan fingerprint density at radius 3 is 2.68 bits per heavy atom. The molecule has 1 amide bonds. The predicted molar refractivity (Wildman–Crippen MR) is 70.4 cm³/mol. The molecule has 1 rings (SSSR count). The first-order valence-corrected chi connectivity index (χ1v) is 6.25. The topological polar surface area (TPSA) is 58.6 Å². The maximum Gasteiger partial charge on any atom is 0.220 e. The summed E-state index contributed by atoms with van der Waals surface area (Å²) in [6, 6.07) is 4.30. The minimum absolute atomic E-state index is 0.162. The van der Waals surface area contributed by atoms with Crippen molar-refractivity contribution in [2.75, 3.05) is 7.11 Å². The van der Waals surface area contributed by atoms with Crippen LogP contribution in [0.2, 0.25) is 0 Å². The van der Waals surface area contributed by atoms with E-state index in [4.69, 9.17) is 9.84 Å². The van der Waals surface area contributed by atoms with Crippen molar-refractivity contribution in [1.29, 1.82) is 0 Å². The number of rotatable bonds is 6. The van der Waals surface area contributed by atoms with Crippen LogP contribution >= 0.6 is 0 Å². The molecule has 0 aromatic heterocycles. The van der Waals surface area contributed by atoms with E-state index in [0.717, 1.165) is 0 Å². The average Bonchev–Trinajstić information content (AvgIpc) is 2.36. The Bertz CT molecular complexity index is 435. The number of hydrogen-bond acceptors (Lipinski definition) is 3. The Labute approximate surface area is 112 Å². The van der Waals surface area contributed by atoms with Crippen LogP contribution in [0.3, 0.4) is 0 Å². The van der Waals surface area contributed by atoms with E-state index in [2.05, 4.69) is 5.32 Å². The van der Waals surface area contributed by atoms with Gasteiger partial charge in [0.2, 0.25) is 5.91 Å². The predicted octanol–water partition coefficient (Wildman–Crippen LogP) is 2.17. The van der Waals surface area contributed by atoms with Crippen molar-refractivity contribution < 1.29 is 19.0 Å². The van der Waals surface area contributed by atoms with Crippen molar-refractivity contribution in [3.05, 3.63) is 29.6 Å². The first kappa shape index (κ1) is 15.4. The second-order valence-corrected chi connectivity index (χ2v) is 4.57. The molecule has 2 atom stereocenters. The lowest BCUT2D eigenvalue weighted by atomic mass is 10.1. The van der Waals surface area contributed by atoms with Crippen LogP contribution in [0.4, 0.5) is 4.39 Å². The molecule has 0 radical (unpaired) electrons. The molecule has 2 N–H and O–H groups in total. The van der Waals surface area contributed by atoms with Gasteiger partial charge in [0.05, 0.1) is 19.3 Å². The Morgan fingerprint density at radius 1 is 1.47 bits per heavy atom. The lowest BCUT2D eigenvalue weighted by Crippen LogP contribution is -2.27. The van der Waals surface area contributed by atoms with Gasteiger partial charge in [-0.2, -0.15) is 0 Å². The summed E-state index contributed by atoms with van der Waals surface area (Å²) in [6.45, 7) is 3.41. The van der Waals surface area contributed by atoms with E-state index >= 15 is 0 Å². The molecule has 0 aliphatic carbocycles. The minimum Gasteiger partial charge on any atom is -0.494 e. The zero-order chi connectivity index (χ0) is 14.4. The number of methoxy groups -OCH3 is 1. The highest BCUT2D eigenvalue weighted by Gasteiger charge is 2.12. The molecule has 0 heterocycles. The monoisotopic (exact) mass is 269 g/mol. The SMILES string of the molecule is COc1ccc(C(C)NC(=O)CCC(C)O)cc1F. The Balaban J connectivity index is 2.60. The van der Waals surface area contributed by atoms with E-state index in [0.29, 0.717) is 12.0 Å². The lowest BCUT2D eigenvalue weighted by Gasteiger charge is -2.15. The van der Waals surface area contributed by atoms with Crippen LogP contribution < -0.4 is 10.1 Å². The molecular formula is C14H20FNO3. The number of aliphatic hydroxyl groups is 1. The summed E-state index contributed by atoms with van der Waals surface area (Å²) < 4.78 is 18.4. The van der Waals surface area contributed by atoms with Crippen molar-refractivity contribution in [2.24, 2.45) is 0 Å².